The summed E-state index contributed by atoms with van der Waals surface area (Å²) < 4.78 is 52.1. The van der Waals surface area contributed by atoms with Crippen molar-refractivity contribution in [3.63, 3.8) is 0 Å². The lowest BCUT2D eigenvalue weighted by Crippen LogP contribution is -2.07. The highest BCUT2D eigenvalue weighted by molar-refractivity contribution is 7.09. The molecule has 0 saturated carbocycles. The minimum atomic E-state index is -1.44. The Morgan fingerprint density at radius 2 is 1.76 bits per heavy atom. The molecule has 1 aromatic carbocycles. The second kappa shape index (κ2) is 4.70. The number of benzene rings is 1. The fraction of sp³-hybridized carbons (Fsp3) is 0.100. The Bertz CT molecular complexity index is 501. The molecule has 2 aromatic rings. The lowest BCUT2D eigenvalue weighted by Gasteiger charge is -2.08. The average molecular weight is 262 g/mol. The first-order valence-electron chi connectivity index (χ1n) is 4.55. The molecule has 0 atom stereocenters. The van der Waals surface area contributed by atoms with Gasteiger partial charge in [0.25, 0.3) is 0 Å². The summed E-state index contributed by atoms with van der Waals surface area (Å²) in [5.41, 5.74) is -0.822. The molecule has 90 valence electrons. The third kappa shape index (κ3) is 2.38. The third-order valence-electron chi connectivity index (χ3n) is 2.01. The maximum absolute atomic E-state index is 13.2. The van der Waals surface area contributed by atoms with Crippen molar-refractivity contribution in [1.29, 1.82) is 0 Å². The monoisotopic (exact) mass is 262 g/mol. The van der Waals surface area contributed by atoms with Crippen molar-refractivity contribution >= 4 is 17.0 Å². The smallest absolute Gasteiger partial charge is 0.185 e. The van der Waals surface area contributed by atoms with Gasteiger partial charge in [0.2, 0.25) is 0 Å². The van der Waals surface area contributed by atoms with E-state index in [0.29, 0.717) is 5.01 Å². The maximum Gasteiger partial charge on any atom is 0.185 e. The Labute approximate surface area is 97.9 Å². The first-order chi connectivity index (χ1) is 8.09. The first-order valence-corrected chi connectivity index (χ1v) is 5.43. The Kier molecular flexibility index (Phi) is 3.28. The van der Waals surface area contributed by atoms with Gasteiger partial charge in [-0.25, -0.2) is 22.5 Å². The Morgan fingerprint density at radius 1 is 1.12 bits per heavy atom. The fourth-order valence-corrected chi connectivity index (χ4v) is 1.79. The van der Waals surface area contributed by atoms with Crippen LogP contribution < -0.4 is 5.32 Å². The molecule has 0 saturated heterocycles. The zero-order chi connectivity index (χ0) is 12.4. The molecule has 2 rings (SSSR count). The topological polar surface area (TPSA) is 24.9 Å². The van der Waals surface area contributed by atoms with Gasteiger partial charge in [-0.1, -0.05) is 0 Å². The molecule has 0 unspecified atom stereocenters. The number of nitrogens with one attached hydrogen (secondary N) is 1. The van der Waals surface area contributed by atoms with E-state index in [2.05, 4.69) is 10.3 Å². The van der Waals surface area contributed by atoms with Crippen LogP contribution in [0.1, 0.15) is 5.01 Å². The minimum Gasteiger partial charge on any atom is -0.374 e. The summed E-state index contributed by atoms with van der Waals surface area (Å²) in [6, 6.07) is 0.166. The highest BCUT2D eigenvalue weighted by atomic mass is 32.1. The molecule has 0 aliphatic heterocycles. The number of hydrogen-bond donors (Lipinski definition) is 1. The highest BCUT2D eigenvalue weighted by Crippen LogP contribution is 2.24. The van der Waals surface area contributed by atoms with Gasteiger partial charge in [0.1, 0.15) is 10.7 Å². The van der Waals surface area contributed by atoms with E-state index in [1.54, 1.807) is 5.38 Å². The first kappa shape index (κ1) is 11.8. The molecule has 0 radical (unpaired) electrons. The van der Waals surface area contributed by atoms with Gasteiger partial charge in [0.05, 0.1) is 6.54 Å². The minimum absolute atomic E-state index is 0.00556. The van der Waals surface area contributed by atoms with Crippen LogP contribution in [0, 0.1) is 23.3 Å². The third-order valence-corrected chi connectivity index (χ3v) is 2.79. The van der Waals surface area contributed by atoms with Crippen molar-refractivity contribution in [2.75, 3.05) is 5.32 Å². The number of aromatic nitrogens is 1. The summed E-state index contributed by atoms with van der Waals surface area (Å²) in [4.78, 5) is 3.86. The number of rotatable bonds is 3. The van der Waals surface area contributed by atoms with Gasteiger partial charge in [-0.3, -0.25) is 0 Å². The zero-order valence-corrected chi connectivity index (χ0v) is 9.12. The molecular weight excluding hydrogens is 256 g/mol. The van der Waals surface area contributed by atoms with Crippen LogP contribution in [0.25, 0.3) is 0 Å². The molecule has 2 nitrogen and oxygen atoms in total. The zero-order valence-electron chi connectivity index (χ0n) is 8.31. The van der Waals surface area contributed by atoms with Gasteiger partial charge >= 0.3 is 0 Å². The number of halogens is 4. The predicted molar refractivity (Wildman–Crippen MR) is 55.7 cm³/mol. The lowest BCUT2D eigenvalue weighted by atomic mass is 10.2. The molecule has 17 heavy (non-hydrogen) atoms. The molecule has 7 heteroatoms. The number of thiazole rings is 1. The Hall–Kier alpha value is -1.63. The lowest BCUT2D eigenvalue weighted by molar-refractivity contribution is 0.458. The predicted octanol–water partition coefficient (Wildman–Crippen LogP) is 3.31. The van der Waals surface area contributed by atoms with Crippen molar-refractivity contribution < 1.29 is 17.6 Å². The van der Waals surface area contributed by atoms with Crippen molar-refractivity contribution in [1.82, 2.24) is 4.98 Å². The van der Waals surface area contributed by atoms with Crippen LogP contribution >= 0.6 is 11.3 Å². The van der Waals surface area contributed by atoms with Gasteiger partial charge in [-0.15, -0.1) is 11.3 Å². The molecule has 0 spiro atoms. The SMILES string of the molecule is Fc1cc(F)c(F)c(NCc2nccs2)c1F. The van der Waals surface area contributed by atoms with Crippen molar-refractivity contribution in [3.05, 3.63) is 45.9 Å². The van der Waals surface area contributed by atoms with Crippen LogP contribution in [-0.4, -0.2) is 4.98 Å². The molecule has 1 aromatic heterocycles. The van der Waals surface area contributed by atoms with Crippen molar-refractivity contribution in [2.45, 2.75) is 6.54 Å². The Balaban J connectivity index is 2.26. The number of anilines is 1. The second-order valence-electron chi connectivity index (χ2n) is 3.12. The normalized spacial score (nSPS) is 10.6. The van der Waals surface area contributed by atoms with E-state index in [-0.39, 0.29) is 12.6 Å². The molecule has 0 amide bonds. The van der Waals surface area contributed by atoms with E-state index in [1.807, 2.05) is 0 Å². The van der Waals surface area contributed by atoms with Crippen molar-refractivity contribution in [3.8, 4) is 0 Å². The molecule has 0 bridgehead atoms. The van der Waals surface area contributed by atoms with Gasteiger partial charge < -0.3 is 5.32 Å². The maximum atomic E-state index is 13.2. The molecule has 0 aliphatic carbocycles. The van der Waals surface area contributed by atoms with Gasteiger partial charge in [0.15, 0.2) is 23.3 Å². The van der Waals surface area contributed by atoms with Gasteiger partial charge in [-0.05, 0) is 0 Å². The fourth-order valence-electron chi connectivity index (χ4n) is 1.23. The summed E-state index contributed by atoms with van der Waals surface area (Å²) in [6.07, 6.45) is 1.51. The van der Waals surface area contributed by atoms with Crippen molar-refractivity contribution in [2.24, 2.45) is 0 Å². The van der Waals surface area contributed by atoms with E-state index in [4.69, 9.17) is 0 Å². The van der Waals surface area contributed by atoms with E-state index >= 15 is 0 Å². The largest absolute Gasteiger partial charge is 0.374 e. The number of hydrogen-bond acceptors (Lipinski definition) is 3. The van der Waals surface area contributed by atoms with Crippen LogP contribution in [0.15, 0.2) is 17.6 Å². The summed E-state index contributed by atoms with van der Waals surface area (Å²) in [6.45, 7) is -0.00556. The molecule has 0 aliphatic rings. The van der Waals surface area contributed by atoms with E-state index in [0.717, 1.165) is 0 Å². The van der Waals surface area contributed by atoms with Crippen LogP contribution in [-0.2, 0) is 6.54 Å². The van der Waals surface area contributed by atoms with Crippen LogP contribution in [0.5, 0.6) is 0 Å². The summed E-state index contributed by atoms with van der Waals surface area (Å²) in [7, 11) is 0. The molecule has 1 N–H and O–H groups in total. The van der Waals surface area contributed by atoms with E-state index < -0.39 is 29.0 Å². The molecular formula is C10H6F4N2S. The van der Waals surface area contributed by atoms with Gasteiger partial charge in [-0.2, -0.15) is 0 Å². The summed E-state index contributed by atoms with van der Waals surface area (Å²) in [5.74, 6) is -5.77. The highest BCUT2D eigenvalue weighted by Gasteiger charge is 2.18. The standard InChI is InChI=1S/C10H6F4N2S/c11-5-3-6(12)9(14)10(8(5)13)16-4-7-15-1-2-17-7/h1-3,16H,4H2. The quantitative estimate of drug-likeness (QED) is 0.678. The van der Waals surface area contributed by atoms with Crippen LogP contribution in [0.2, 0.25) is 0 Å². The second-order valence-corrected chi connectivity index (χ2v) is 4.10. The van der Waals surface area contributed by atoms with Gasteiger partial charge in [0, 0.05) is 17.6 Å². The van der Waals surface area contributed by atoms with E-state index in [1.165, 1.54) is 17.5 Å². The number of nitrogens with zero attached hydrogens (tertiary/aromatic N) is 1. The summed E-state index contributed by atoms with van der Waals surface area (Å²) in [5, 5.41) is 4.51. The molecule has 0 fully saturated rings. The average Bonchev–Trinajstić information content (AvgIpc) is 2.79. The summed E-state index contributed by atoms with van der Waals surface area (Å²) >= 11 is 1.26. The van der Waals surface area contributed by atoms with Crippen LogP contribution in [0.4, 0.5) is 23.2 Å². The van der Waals surface area contributed by atoms with E-state index in [9.17, 15) is 17.6 Å². The Morgan fingerprint density at radius 3 is 2.29 bits per heavy atom. The molecule has 1 heterocycles. The van der Waals surface area contributed by atoms with Crippen LogP contribution in [0.3, 0.4) is 0 Å².